The molecule has 3 aromatic rings. The van der Waals surface area contributed by atoms with E-state index in [0.29, 0.717) is 0 Å². The molecule has 1 heterocycles. The minimum absolute atomic E-state index is 0.859. The van der Waals surface area contributed by atoms with Crippen molar-refractivity contribution >= 4 is 10.9 Å². The standard InChI is InChI=1S/C17H17NO2/c1-11-15-10-14(20-3)7-8-16(15)18-17(11)12-5-4-6-13(9-12)19-2/h4-10,18H,1-3H3. The first-order chi connectivity index (χ1) is 9.72. The van der Waals surface area contributed by atoms with Crippen molar-refractivity contribution in [1.29, 1.82) is 0 Å². The minimum atomic E-state index is 0.859. The van der Waals surface area contributed by atoms with Crippen LogP contribution in [0.3, 0.4) is 0 Å². The molecule has 102 valence electrons. The third kappa shape index (κ3) is 2.01. The summed E-state index contributed by atoms with van der Waals surface area (Å²) in [6.07, 6.45) is 0. The van der Waals surface area contributed by atoms with Gasteiger partial charge in [-0.2, -0.15) is 0 Å². The average Bonchev–Trinajstić information content (AvgIpc) is 2.84. The van der Waals surface area contributed by atoms with Crippen molar-refractivity contribution in [3.05, 3.63) is 48.0 Å². The number of aromatic nitrogens is 1. The summed E-state index contributed by atoms with van der Waals surface area (Å²) in [5.74, 6) is 1.73. The minimum Gasteiger partial charge on any atom is -0.497 e. The highest BCUT2D eigenvalue weighted by molar-refractivity contribution is 5.91. The molecule has 20 heavy (non-hydrogen) atoms. The number of benzene rings is 2. The predicted molar refractivity (Wildman–Crippen MR) is 81.6 cm³/mol. The first-order valence-electron chi connectivity index (χ1n) is 6.53. The lowest BCUT2D eigenvalue weighted by Crippen LogP contribution is -1.85. The molecule has 1 aromatic heterocycles. The maximum Gasteiger partial charge on any atom is 0.119 e. The molecule has 0 saturated carbocycles. The van der Waals surface area contributed by atoms with E-state index in [4.69, 9.17) is 9.47 Å². The molecule has 0 bridgehead atoms. The summed E-state index contributed by atoms with van der Waals surface area (Å²) >= 11 is 0. The van der Waals surface area contributed by atoms with Crippen molar-refractivity contribution < 1.29 is 9.47 Å². The number of ether oxygens (including phenoxy) is 2. The Labute approximate surface area is 118 Å². The molecule has 3 rings (SSSR count). The molecule has 0 amide bonds. The van der Waals surface area contributed by atoms with Crippen molar-refractivity contribution in [2.24, 2.45) is 0 Å². The second-order valence-corrected chi connectivity index (χ2v) is 4.77. The van der Waals surface area contributed by atoms with E-state index < -0.39 is 0 Å². The summed E-state index contributed by atoms with van der Waals surface area (Å²) in [6, 6.07) is 14.1. The Kier molecular flexibility index (Phi) is 3.11. The average molecular weight is 267 g/mol. The SMILES string of the molecule is COc1cccc(-c2[nH]c3ccc(OC)cc3c2C)c1. The highest BCUT2D eigenvalue weighted by Crippen LogP contribution is 2.32. The van der Waals surface area contributed by atoms with E-state index >= 15 is 0 Å². The molecular weight excluding hydrogens is 250 g/mol. The van der Waals surface area contributed by atoms with Gasteiger partial charge in [0.2, 0.25) is 0 Å². The van der Waals surface area contributed by atoms with Crippen LogP contribution in [0.5, 0.6) is 11.5 Å². The molecule has 0 saturated heterocycles. The number of rotatable bonds is 3. The van der Waals surface area contributed by atoms with Crippen molar-refractivity contribution in [3.63, 3.8) is 0 Å². The van der Waals surface area contributed by atoms with Gasteiger partial charge >= 0.3 is 0 Å². The van der Waals surface area contributed by atoms with Gasteiger partial charge in [0, 0.05) is 22.2 Å². The highest BCUT2D eigenvalue weighted by Gasteiger charge is 2.10. The Morgan fingerprint density at radius 1 is 0.900 bits per heavy atom. The fourth-order valence-electron chi connectivity index (χ4n) is 2.50. The number of methoxy groups -OCH3 is 2. The number of hydrogen-bond acceptors (Lipinski definition) is 2. The summed E-state index contributed by atoms with van der Waals surface area (Å²) in [7, 11) is 3.37. The summed E-state index contributed by atoms with van der Waals surface area (Å²) in [6.45, 7) is 2.12. The predicted octanol–water partition coefficient (Wildman–Crippen LogP) is 4.16. The Morgan fingerprint density at radius 3 is 2.40 bits per heavy atom. The molecule has 0 aliphatic rings. The Bertz CT molecular complexity index is 759. The smallest absolute Gasteiger partial charge is 0.119 e. The summed E-state index contributed by atoms with van der Waals surface area (Å²) in [5, 5.41) is 1.18. The quantitative estimate of drug-likeness (QED) is 0.773. The number of H-pyrrole nitrogens is 1. The number of hydrogen-bond donors (Lipinski definition) is 1. The third-order valence-electron chi connectivity index (χ3n) is 3.62. The van der Waals surface area contributed by atoms with Crippen molar-refractivity contribution in [3.8, 4) is 22.8 Å². The summed E-state index contributed by atoms with van der Waals surface area (Å²) in [4.78, 5) is 3.47. The maximum absolute atomic E-state index is 5.29. The van der Waals surface area contributed by atoms with E-state index in [0.717, 1.165) is 28.3 Å². The molecule has 3 heteroatoms. The van der Waals surface area contributed by atoms with Crippen molar-refractivity contribution in [2.45, 2.75) is 6.92 Å². The Hall–Kier alpha value is -2.42. The molecule has 2 aromatic carbocycles. The van der Waals surface area contributed by atoms with E-state index in [1.54, 1.807) is 14.2 Å². The molecule has 0 unspecified atom stereocenters. The molecule has 1 N–H and O–H groups in total. The van der Waals surface area contributed by atoms with E-state index in [-0.39, 0.29) is 0 Å². The largest absolute Gasteiger partial charge is 0.497 e. The van der Waals surface area contributed by atoms with Gasteiger partial charge in [-0.05, 0) is 42.8 Å². The summed E-state index contributed by atoms with van der Waals surface area (Å²) < 4.78 is 10.6. The van der Waals surface area contributed by atoms with Gasteiger partial charge in [0.05, 0.1) is 14.2 Å². The lowest BCUT2D eigenvalue weighted by Gasteiger charge is -2.04. The number of nitrogens with one attached hydrogen (secondary N) is 1. The lowest BCUT2D eigenvalue weighted by molar-refractivity contribution is 0.415. The van der Waals surface area contributed by atoms with E-state index in [1.807, 2.05) is 30.3 Å². The van der Waals surface area contributed by atoms with Crippen molar-refractivity contribution in [2.75, 3.05) is 14.2 Å². The Balaban J connectivity index is 2.18. The maximum atomic E-state index is 5.29. The molecule has 3 nitrogen and oxygen atoms in total. The molecule has 0 spiro atoms. The molecule has 0 aliphatic heterocycles. The number of fused-ring (bicyclic) bond motifs is 1. The first-order valence-corrected chi connectivity index (χ1v) is 6.53. The van der Waals surface area contributed by atoms with Crippen LogP contribution in [0, 0.1) is 6.92 Å². The Morgan fingerprint density at radius 2 is 1.65 bits per heavy atom. The fraction of sp³-hybridized carbons (Fsp3) is 0.176. The van der Waals surface area contributed by atoms with E-state index in [9.17, 15) is 0 Å². The van der Waals surface area contributed by atoms with E-state index in [1.165, 1.54) is 10.9 Å². The third-order valence-corrected chi connectivity index (χ3v) is 3.62. The fourth-order valence-corrected chi connectivity index (χ4v) is 2.50. The second-order valence-electron chi connectivity index (χ2n) is 4.77. The molecule has 0 atom stereocenters. The van der Waals surface area contributed by atoms with Crippen LogP contribution in [-0.2, 0) is 0 Å². The first kappa shape index (κ1) is 12.6. The topological polar surface area (TPSA) is 34.2 Å². The van der Waals surface area contributed by atoms with Gasteiger partial charge in [-0.3, -0.25) is 0 Å². The van der Waals surface area contributed by atoms with Crippen LogP contribution >= 0.6 is 0 Å². The van der Waals surface area contributed by atoms with Gasteiger partial charge in [-0.25, -0.2) is 0 Å². The van der Waals surface area contributed by atoms with Gasteiger partial charge in [-0.15, -0.1) is 0 Å². The van der Waals surface area contributed by atoms with Crippen molar-refractivity contribution in [1.82, 2.24) is 4.98 Å². The molecule has 0 radical (unpaired) electrons. The van der Waals surface area contributed by atoms with Gasteiger partial charge in [0.1, 0.15) is 11.5 Å². The van der Waals surface area contributed by atoms with E-state index in [2.05, 4.69) is 24.0 Å². The normalized spacial score (nSPS) is 10.8. The zero-order valence-electron chi connectivity index (χ0n) is 11.9. The zero-order chi connectivity index (χ0) is 14.1. The number of aromatic amines is 1. The lowest BCUT2D eigenvalue weighted by atomic mass is 10.1. The van der Waals surface area contributed by atoms with Crippen LogP contribution in [0.4, 0.5) is 0 Å². The van der Waals surface area contributed by atoms with Crippen LogP contribution in [0.2, 0.25) is 0 Å². The zero-order valence-corrected chi connectivity index (χ0v) is 11.9. The van der Waals surface area contributed by atoms with Gasteiger partial charge < -0.3 is 14.5 Å². The highest BCUT2D eigenvalue weighted by atomic mass is 16.5. The second kappa shape index (κ2) is 4.93. The van der Waals surface area contributed by atoms with Crippen LogP contribution in [0.25, 0.3) is 22.2 Å². The molecule has 0 fully saturated rings. The van der Waals surface area contributed by atoms with Crippen LogP contribution in [-0.4, -0.2) is 19.2 Å². The van der Waals surface area contributed by atoms with Crippen LogP contribution in [0.15, 0.2) is 42.5 Å². The summed E-state index contributed by atoms with van der Waals surface area (Å²) in [5.41, 5.74) is 4.57. The van der Waals surface area contributed by atoms with Crippen LogP contribution < -0.4 is 9.47 Å². The molecular formula is C17H17NO2. The number of aryl methyl sites for hydroxylation is 1. The van der Waals surface area contributed by atoms with Gasteiger partial charge in [0.15, 0.2) is 0 Å². The molecule has 0 aliphatic carbocycles. The van der Waals surface area contributed by atoms with Crippen LogP contribution in [0.1, 0.15) is 5.56 Å². The van der Waals surface area contributed by atoms with Gasteiger partial charge in [0.25, 0.3) is 0 Å². The van der Waals surface area contributed by atoms with Gasteiger partial charge in [-0.1, -0.05) is 12.1 Å². The monoisotopic (exact) mass is 267 g/mol.